The van der Waals surface area contributed by atoms with Crippen molar-refractivity contribution in [3.8, 4) is 6.07 Å². The Labute approximate surface area is 170 Å². The predicted molar refractivity (Wildman–Crippen MR) is 106 cm³/mol. The third kappa shape index (κ3) is 5.44. The standard InChI is InChI=1S/C20H24N4O4S/c21-10-4-11-23-29(26,27)17-8-6-16(7-9-17)20(25)22-15-18(19-5-3-14-28-19)24-12-1-2-13-24/h3,5-9,14,18,23H,1-2,4,11-13,15H2,(H,22,25). The van der Waals surface area contributed by atoms with Crippen molar-refractivity contribution in [1.29, 1.82) is 5.26 Å². The topological polar surface area (TPSA) is 115 Å². The highest BCUT2D eigenvalue weighted by molar-refractivity contribution is 7.89. The van der Waals surface area contributed by atoms with Gasteiger partial charge in [0, 0.05) is 25.1 Å². The van der Waals surface area contributed by atoms with Crippen LogP contribution in [0.1, 0.15) is 41.4 Å². The van der Waals surface area contributed by atoms with Crippen LogP contribution >= 0.6 is 0 Å². The lowest BCUT2D eigenvalue weighted by molar-refractivity contribution is 0.0933. The molecule has 8 nitrogen and oxygen atoms in total. The molecule has 1 fully saturated rings. The summed E-state index contributed by atoms with van der Waals surface area (Å²) < 4.78 is 32.2. The zero-order valence-corrected chi connectivity index (χ0v) is 16.8. The average Bonchev–Trinajstić information content (AvgIpc) is 3.43. The molecule has 2 heterocycles. The molecule has 1 saturated heterocycles. The van der Waals surface area contributed by atoms with E-state index >= 15 is 0 Å². The second-order valence-electron chi connectivity index (χ2n) is 6.81. The highest BCUT2D eigenvalue weighted by Gasteiger charge is 2.26. The Bertz CT molecular complexity index is 943. The zero-order valence-electron chi connectivity index (χ0n) is 16.0. The molecule has 2 N–H and O–H groups in total. The summed E-state index contributed by atoms with van der Waals surface area (Å²) in [5.74, 6) is 0.541. The normalized spacial score (nSPS) is 15.7. The molecular formula is C20H24N4O4S. The highest BCUT2D eigenvalue weighted by atomic mass is 32.2. The van der Waals surface area contributed by atoms with Crippen molar-refractivity contribution in [3.05, 3.63) is 54.0 Å². The first-order valence-electron chi connectivity index (χ1n) is 9.53. The molecule has 0 bridgehead atoms. The zero-order chi connectivity index (χ0) is 20.7. The number of furan rings is 1. The van der Waals surface area contributed by atoms with Crippen LogP contribution in [0.25, 0.3) is 0 Å². The van der Waals surface area contributed by atoms with Crippen molar-refractivity contribution in [3.63, 3.8) is 0 Å². The van der Waals surface area contributed by atoms with E-state index in [1.165, 1.54) is 24.3 Å². The van der Waals surface area contributed by atoms with Crippen LogP contribution in [0.15, 0.2) is 52.0 Å². The summed E-state index contributed by atoms with van der Waals surface area (Å²) in [5.41, 5.74) is 0.376. The van der Waals surface area contributed by atoms with Crippen molar-refractivity contribution < 1.29 is 17.6 Å². The second-order valence-corrected chi connectivity index (χ2v) is 8.58. The average molecular weight is 417 g/mol. The van der Waals surface area contributed by atoms with Crippen LogP contribution in [0.2, 0.25) is 0 Å². The molecule has 1 amide bonds. The van der Waals surface area contributed by atoms with Gasteiger partial charge in [-0.25, -0.2) is 13.1 Å². The van der Waals surface area contributed by atoms with E-state index in [2.05, 4.69) is 14.9 Å². The Morgan fingerprint density at radius 2 is 1.93 bits per heavy atom. The third-order valence-corrected chi connectivity index (χ3v) is 6.34. The molecule has 3 rings (SSSR count). The lowest BCUT2D eigenvalue weighted by atomic mass is 10.1. The first-order valence-corrected chi connectivity index (χ1v) is 11.0. The van der Waals surface area contributed by atoms with Crippen LogP contribution < -0.4 is 10.0 Å². The van der Waals surface area contributed by atoms with Gasteiger partial charge in [-0.05, 0) is 62.3 Å². The largest absolute Gasteiger partial charge is 0.468 e. The number of amides is 1. The number of nitrogens with one attached hydrogen (secondary N) is 2. The van der Waals surface area contributed by atoms with Gasteiger partial charge in [0.2, 0.25) is 10.0 Å². The second kappa shape index (κ2) is 9.69. The van der Waals surface area contributed by atoms with E-state index in [4.69, 9.17) is 9.68 Å². The maximum absolute atomic E-state index is 12.5. The molecule has 0 saturated carbocycles. The Morgan fingerprint density at radius 3 is 2.55 bits per heavy atom. The molecule has 9 heteroatoms. The van der Waals surface area contributed by atoms with Gasteiger partial charge in [-0.3, -0.25) is 9.69 Å². The molecule has 1 atom stereocenters. The van der Waals surface area contributed by atoms with E-state index in [0.717, 1.165) is 31.7 Å². The molecule has 29 heavy (non-hydrogen) atoms. The fraction of sp³-hybridized carbons (Fsp3) is 0.400. The third-order valence-electron chi connectivity index (χ3n) is 4.86. The van der Waals surface area contributed by atoms with Crippen LogP contribution in [-0.2, 0) is 10.0 Å². The molecule has 1 aliphatic rings. The molecule has 154 valence electrons. The predicted octanol–water partition coefficient (Wildman–Crippen LogP) is 2.04. The lowest BCUT2D eigenvalue weighted by Crippen LogP contribution is -2.36. The summed E-state index contributed by atoms with van der Waals surface area (Å²) in [6, 6.07) is 11.3. The van der Waals surface area contributed by atoms with Gasteiger partial charge in [0.15, 0.2) is 0 Å². The van der Waals surface area contributed by atoms with Gasteiger partial charge >= 0.3 is 0 Å². The van der Waals surface area contributed by atoms with Gasteiger partial charge in [-0.1, -0.05) is 0 Å². The van der Waals surface area contributed by atoms with Crippen LogP contribution in [0.4, 0.5) is 0 Å². The summed E-state index contributed by atoms with van der Waals surface area (Å²) >= 11 is 0. The maximum atomic E-state index is 12.5. The van der Waals surface area contributed by atoms with Crippen LogP contribution in [0, 0.1) is 11.3 Å². The fourth-order valence-corrected chi connectivity index (χ4v) is 4.38. The molecular weight excluding hydrogens is 392 g/mol. The van der Waals surface area contributed by atoms with E-state index < -0.39 is 10.0 Å². The highest BCUT2D eigenvalue weighted by Crippen LogP contribution is 2.25. The number of sulfonamides is 1. The smallest absolute Gasteiger partial charge is 0.251 e. The SMILES string of the molecule is N#CCCNS(=O)(=O)c1ccc(C(=O)NCC(c2ccco2)N2CCCC2)cc1. The summed E-state index contributed by atoms with van der Waals surface area (Å²) in [7, 11) is -3.69. The molecule has 0 aliphatic carbocycles. The van der Waals surface area contributed by atoms with E-state index in [9.17, 15) is 13.2 Å². The minimum atomic E-state index is -3.69. The Balaban J connectivity index is 1.62. The van der Waals surface area contributed by atoms with E-state index in [-0.39, 0.29) is 29.8 Å². The number of likely N-dealkylation sites (tertiary alicyclic amines) is 1. The Hall–Kier alpha value is -2.67. The van der Waals surface area contributed by atoms with E-state index in [0.29, 0.717) is 12.1 Å². The number of nitriles is 1. The first-order chi connectivity index (χ1) is 14.0. The van der Waals surface area contributed by atoms with Crippen molar-refractivity contribution in [2.24, 2.45) is 0 Å². The number of hydrogen-bond acceptors (Lipinski definition) is 6. The maximum Gasteiger partial charge on any atom is 0.251 e. The van der Waals surface area contributed by atoms with Gasteiger partial charge in [0.1, 0.15) is 5.76 Å². The Morgan fingerprint density at radius 1 is 1.21 bits per heavy atom. The molecule has 1 aliphatic heterocycles. The summed E-state index contributed by atoms with van der Waals surface area (Å²) in [5, 5.41) is 11.4. The molecule has 2 aromatic rings. The van der Waals surface area contributed by atoms with Crippen LogP contribution in [-0.4, -0.2) is 45.4 Å². The molecule has 0 radical (unpaired) electrons. The fourth-order valence-electron chi connectivity index (χ4n) is 3.35. The monoisotopic (exact) mass is 416 g/mol. The summed E-state index contributed by atoms with van der Waals surface area (Å²) in [6.45, 7) is 2.38. The summed E-state index contributed by atoms with van der Waals surface area (Å²) in [6.07, 6.45) is 3.98. The van der Waals surface area contributed by atoms with Gasteiger partial charge in [0.25, 0.3) is 5.91 Å². The van der Waals surface area contributed by atoms with Gasteiger partial charge in [-0.2, -0.15) is 5.26 Å². The van der Waals surface area contributed by atoms with E-state index in [1.54, 1.807) is 6.26 Å². The summed E-state index contributed by atoms with van der Waals surface area (Å²) in [4.78, 5) is 14.9. The number of rotatable bonds is 9. The number of carbonyl (C=O) groups is 1. The lowest BCUT2D eigenvalue weighted by Gasteiger charge is -2.26. The van der Waals surface area contributed by atoms with Crippen molar-refractivity contribution in [2.45, 2.75) is 30.2 Å². The van der Waals surface area contributed by atoms with Gasteiger partial charge < -0.3 is 9.73 Å². The van der Waals surface area contributed by atoms with Crippen molar-refractivity contribution >= 4 is 15.9 Å². The van der Waals surface area contributed by atoms with E-state index in [1.807, 2.05) is 18.2 Å². The number of benzene rings is 1. The number of nitrogens with zero attached hydrogens (tertiary/aromatic N) is 2. The first kappa shape index (κ1) is 21.0. The molecule has 1 unspecified atom stereocenters. The van der Waals surface area contributed by atoms with Crippen LogP contribution in [0.3, 0.4) is 0 Å². The molecule has 1 aromatic heterocycles. The minimum absolute atomic E-state index is 0.0274. The van der Waals surface area contributed by atoms with Crippen molar-refractivity contribution in [2.75, 3.05) is 26.2 Å². The number of carbonyl (C=O) groups excluding carboxylic acids is 1. The molecule has 0 spiro atoms. The number of hydrogen-bond donors (Lipinski definition) is 2. The van der Waals surface area contributed by atoms with Gasteiger partial charge in [-0.15, -0.1) is 0 Å². The van der Waals surface area contributed by atoms with Crippen LogP contribution in [0.5, 0.6) is 0 Å². The minimum Gasteiger partial charge on any atom is -0.468 e. The van der Waals surface area contributed by atoms with Gasteiger partial charge in [0.05, 0.1) is 23.3 Å². The Kier molecular flexibility index (Phi) is 7.04. The van der Waals surface area contributed by atoms with Crippen molar-refractivity contribution in [1.82, 2.24) is 14.9 Å². The quantitative estimate of drug-likeness (QED) is 0.605. The molecule has 1 aromatic carbocycles.